The Morgan fingerprint density at radius 3 is 2.33 bits per heavy atom. The van der Waals surface area contributed by atoms with Crippen LogP contribution in [-0.4, -0.2) is 34.8 Å². The molecule has 21 heavy (non-hydrogen) atoms. The first-order valence-electron chi connectivity index (χ1n) is 7.87. The van der Waals surface area contributed by atoms with Gasteiger partial charge in [0.25, 0.3) is 0 Å². The van der Waals surface area contributed by atoms with E-state index in [-0.39, 0.29) is 35.1 Å². The molecule has 120 valence electrons. The maximum absolute atomic E-state index is 12.2. The monoisotopic (exact) mass is 296 g/mol. The molecule has 1 aliphatic carbocycles. The number of rotatable bonds is 5. The average Bonchev–Trinajstić information content (AvgIpc) is 3.24. The second-order valence-corrected chi connectivity index (χ2v) is 5.59. The van der Waals surface area contributed by atoms with Crippen LogP contribution < -0.4 is 11.5 Å². The normalized spacial score (nSPS) is 26.6. The molecular formula is C15H28N4O2. The SMILES string of the molecule is CC.CCC1(CC)CC(=O)N(C[C@H]2CC2C(N)=O)C(N)=N1. The predicted octanol–water partition coefficient (Wildman–Crippen LogP) is 1.24. The smallest absolute Gasteiger partial charge is 0.231 e. The summed E-state index contributed by atoms with van der Waals surface area (Å²) in [5.41, 5.74) is 10.8. The zero-order valence-electron chi connectivity index (χ0n) is 13.6. The van der Waals surface area contributed by atoms with Crippen LogP contribution in [0.3, 0.4) is 0 Å². The molecule has 0 aromatic heterocycles. The first-order chi connectivity index (χ1) is 9.92. The van der Waals surface area contributed by atoms with Gasteiger partial charge in [0, 0.05) is 12.5 Å². The fourth-order valence-electron chi connectivity index (χ4n) is 2.73. The zero-order chi connectivity index (χ0) is 16.2. The highest BCUT2D eigenvalue weighted by Gasteiger charge is 2.45. The van der Waals surface area contributed by atoms with Crippen molar-refractivity contribution >= 4 is 17.8 Å². The third kappa shape index (κ3) is 3.74. The molecule has 2 rings (SSSR count). The summed E-state index contributed by atoms with van der Waals surface area (Å²) in [7, 11) is 0. The van der Waals surface area contributed by atoms with Gasteiger partial charge in [-0.1, -0.05) is 27.7 Å². The Morgan fingerprint density at radius 2 is 1.95 bits per heavy atom. The molecular weight excluding hydrogens is 268 g/mol. The van der Waals surface area contributed by atoms with Crippen molar-refractivity contribution in [2.75, 3.05) is 6.54 Å². The van der Waals surface area contributed by atoms with E-state index in [0.717, 1.165) is 19.3 Å². The van der Waals surface area contributed by atoms with Crippen LogP contribution in [0.1, 0.15) is 53.4 Å². The van der Waals surface area contributed by atoms with E-state index in [4.69, 9.17) is 11.5 Å². The van der Waals surface area contributed by atoms with Gasteiger partial charge in [0.15, 0.2) is 5.96 Å². The minimum absolute atomic E-state index is 0.00585. The van der Waals surface area contributed by atoms with Crippen LogP contribution in [0.4, 0.5) is 0 Å². The lowest BCUT2D eigenvalue weighted by Gasteiger charge is -2.36. The van der Waals surface area contributed by atoms with E-state index in [1.165, 1.54) is 4.90 Å². The molecule has 0 spiro atoms. The van der Waals surface area contributed by atoms with Gasteiger partial charge < -0.3 is 11.5 Å². The molecule has 4 N–H and O–H groups in total. The quantitative estimate of drug-likeness (QED) is 0.798. The van der Waals surface area contributed by atoms with Gasteiger partial charge >= 0.3 is 0 Å². The molecule has 1 unspecified atom stereocenters. The maximum Gasteiger partial charge on any atom is 0.231 e. The summed E-state index contributed by atoms with van der Waals surface area (Å²) in [5, 5.41) is 0. The third-order valence-corrected chi connectivity index (χ3v) is 4.43. The number of amides is 2. The van der Waals surface area contributed by atoms with Gasteiger partial charge in [-0.2, -0.15) is 0 Å². The van der Waals surface area contributed by atoms with Crippen molar-refractivity contribution < 1.29 is 9.59 Å². The number of aliphatic imine (C=N–C) groups is 1. The van der Waals surface area contributed by atoms with Gasteiger partial charge in [-0.15, -0.1) is 0 Å². The predicted molar refractivity (Wildman–Crippen MR) is 83.4 cm³/mol. The van der Waals surface area contributed by atoms with Crippen molar-refractivity contribution in [3.8, 4) is 0 Å². The second kappa shape index (κ2) is 6.91. The highest BCUT2D eigenvalue weighted by molar-refractivity contribution is 5.99. The number of carbonyl (C=O) groups excluding carboxylic acids is 2. The number of nitrogens with two attached hydrogens (primary N) is 2. The highest BCUT2D eigenvalue weighted by Crippen LogP contribution is 2.39. The molecule has 1 heterocycles. The summed E-state index contributed by atoms with van der Waals surface area (Å²) in [6, 6.07) is 0. The molecule has 0 bridgehead atoms. The molecule has 1 saturated carbocycles. The third-order valence-electron chi connectivity index (χ3n) is 4.43. The highest BCUT2D eigenvalue weighted by atomic mass is 16.2. The van der Waals surface area contributed by atoms with Crippen LogP contribution in [0.5, 0.6) is 0 Å². The minimum atomic E-state index is -0.343. The van der Waals surface area contributed by atoms with E-state index in [1.807, 2.05) is 27.7 Å². The Morgan fingerprint density at radius 1 is 1.38 bits per heavy atom. The van der Waals surface area contributed by atoms with Crippen LogP contribution in [0.25, 0.3) is 0 Å². The van der Waals surface area contributed by atoms with Crippen LogP contribution in [-0.2, 0) is 9.59 Å². The van der Waals surface area contributed by atoms with Gasteiger partial charge in [0.05, 0.1) is 12.0 Å². The lowest BCUT2D eigenvalue weighted by atomic mass is 9.88. The summed E-state index contributed by atoms with van der Waals surface area (Å²) in [4.78, 5) is 29.3. The van der Waals surface area contributed by atoms with Crippen LogP contribution in [0, 0.1) is 11.8 Å². The fraction of sp³-hybridized carbons (Fsp3) is 0.800. The number of nitrogens with zero attached hydrogens (tertiary/aromatic N) is 2. The molecule has 2 amide bonds. The fourth-order valence-corrected chi connectivity index (χ4v) is 2.73. The summed E-state index contributed by atoms with van der Waals surface area (Å²) in [5.74, 6) is 0.0402. The van der Waals surface area contributed by atoms with E-state index >= 15 is 0 Å². The summed E-state index contributed by atoms with van der Waals surface area (Å²) in [6.07, 6.45) is 2.75. The van der Waals surface area contributed by atoms with Crippen LogP contribution in [0.15, 0.2) is 4.99 Å². The maximum atomic E-state index is 12.2. The Kier molecular flexibility index (Phi) is 5.75. The van der Waals surface area contributed by atoms with Gasteiger partial charge in [-0.05, 0) is 25.2 Å². The first-order valence-corrected chi connectivity index (χ1v) is 7.87. The summed E-state index contributed by atoms with van der Waals surface area (Å²) < 4.78 is 0. The van der Waals surface area contributed by atoms with E-state index in [2.05, 4.69) is 4.99 Å². The molecule has 6 heteroatoms. The van der Waals surface area contributed by atoms with Crippen molar-refractivity contribution in [3.63, 3.8) is 0 Å². The molecule has 0 radical (unpaired) electrons. The van der Waals surface area contributed by atoms with Crippen molar-refractivity contribution in [3.05, 3.63) is 0 Å². The molecule has 1 aliphatic heterocycles. The Labute approximate surface area is 127 Å². The minimum Gasteiger partial charge on any atom is -0.369 e. The van der Waals surface area contributed by atoms with Gasteiger partial charge in [0.1, 0.15) is 0 Å². The Balaban J connectivity index is 0.00000106. The first kappa shape index (κ1) is 17.5. The van der Waals surface area contributed by atoms with Crippen molar-refractivity contribution in [1.82, 2.24) is 4.90 Å². The average molecular weight is 296 g/mol. The standard InChI is InChI=1S/C13H22N4O2.C2H6/c1-3-13(4-2)6-10(18)17(12(15)16-13)7-8-5-9(8)11(14)19;1-2/h8-9H,3-7H2,1-2H3,(H2,14,19)(H2,15,16);1-2H3/t8-,9?;/m1./s1. The van der Waals surface area contributed by atoms with E-state index < -0.39 is 0 Å². The van der Waals surface area contributed by atoms with Gasteiger partial charge in [0.2, 0.25) is 11.8 Å². The van der Waals surface area contributed by atoms with E-state index in [1.54, 1.807) is 0 Å². The second-order valence-electron chi connectivity index (χ2n) is 5.59. The summed E-state index contributed by atoms with van der Waals surface area (Å²) >= 11 is 0. The molecule has 2 atom stereocenters. The molecule has 1 fully saturated rings. The van der Waals surface area contributed by atoms with E-state index in [0.29, 0.717) is 13.0 Å². The zero-order valence-corrected chi connectivity index (χ0v) is 13.6. The molecule has 0 aromatic rings. The Hall–Kier alpha value is -1.59. The number of primary amides is 1. The topological polar surface area (TPSA) is 102 Å². The van der Waals surface area contributed by atoms with E-state index in [9.17, 15) is 9.59 Å². The molecule has 0 saturated heterocycles. The molecule has 2 aliphatic rings. The van der Waals surface area contributed by atoms with Crippen molar-refractivity contribution in [2.45, 2.75) is 58.9 Å². The lowest BCUT2D eigenvalue weighted by Crippen LogP contribution is -2.52. The largest absolute Gasteiger partial charge is 0.369 e. The summed E-state index contributed by atoms with van der Waals surface area (Å²) in [6.45, 7) is 8.51. The number of hydrogen-bond donors (Lipinski definition) is 2. The molecule has 6 nitrogen and oxygen atoms in total. The van der Waals surface area contributed by atoms with Crippen LogP contribution in [0.2, 0.25) is 0 Å². The molecule has 0 aromatic carbocycles. The number of carbonyl (C=O) groups is 2. The Bertz CT molecular complexity index is 429. The van der Waals surface area contributed by atoms with Crippen molar-refractivity contribution in [2.24, 2.45) is 28.3 Å². The van der Waals surface area contributed by atoms with Crippen molar-refractivity contribution in [1.29, 1.82) is 0 Å². The van der Waals surface area contributed by atoms with Gasteiger partial charge in [-0.25, -0.2) is 4.99 Å². The number of hydrogen-bond acceptors (Lipinski definition) is 4. The van der Waals surface area contributed by atoms with Gasteiger partial charge in [-0.3, -0.25) is 14.5 Å². The lowest BCUT2D eigenvalue weighted by molar-refractivity contribution is -0.130. The number of guanidine groups is 1. The van der Waals surface area contributed by atoms with Crippen LogP contribution >= 0.6 is 0 Å².